The van der Waals surface area contributed by atoms with Crippen molar-refractivity contribution in [3.8, 4) is 0 Å². The third-order valence-corrected chi connectivity index (χ3v) is 5.42. The molecule has 1 atom stereocenters. The van der Waals surface area contributed by atoms with E-state index in [9.17, 15) is 18.0 Å². The minimum atomic E-state index is -4.74. The summed E-state index contributed by atoms with van der Waals surface area (Å²) in [5, 5.41) is 6.69. The second-order valence-electron chi connectivity index (χ2n) is 7.06. The molecular weight excluding hydrogens is 440 g/mol. The maximum absolute atomic E-state index is 14.1. The van der Waals surface area contributed by atoms with Crippen LogP contribution in [0.15, 0.2) is 41.6 Å². The minimum absolute atomic E-state index is 0.0764. The molecule has 2 aromatic rings. The van der Waals surface area contributed by atoms with Gasteiger partial charge in [-0.2, -0.15) is 13.2 Å². The second kappa shape index (κ2) is 8.47. The fourth-order valence-electron chi connectivity index (χ4n) is 3.24. The molecule has 0 saturated heterocycles. The molecule has 2 aromatic carbocycles. The van der Waals surface area contributed by atoms with E-state index >= 15 is 0 Å². The predicted molar refractivity (Wildman–Crippen MR) is 110 cm³/mol. The standard InChI is InChI=1S/C21H19Cl2F3N2O2/c1-3-19(29)27-11-14-5-4-13(6-12(14)2)18-10-20(30-28-18,21(24,25)26)15-7-16(22)9-17(23)8-15/h4-9H,3,10-11H2,1-2H3,(H,27,29). The Morgan fingerprint density at radius 1 is 1.20 bits per heavy atom. The molecule has 0 saturated carbocycles. The van der Waals surface area contributed by atoms with Crippen LogP contribution in [-0.2, 0) is 21.8 Å². The summed E-state index contributed by atoms with van der Waals surface area (Å²) in [5.74, 6) is -0.0813. The third-order valence-electron chi connectivity index (χ3n) is 4.99. The van der Waals surface area contributed by atoms with Crippen molar-refractivity contribution < 1.29 is 22.8 Å². The molecule has 0 spiro atoms. The van der Waals surface area contributed by atoms with Gasteiger partial charge in [-0.3, -0.25) is 4.79 Å². The SMILES string of the molecule is CCC(=O)NCc1ccc(C2=NOC(c3cc(Cl)cc(Cl)c3)(C(F)(F)F)C2)cc1C. The first-order valence-electron chi connectivity index (χ1n) is 9.20. The van der Waals surface area contributed by atoms with Gasteiger partial charge in [0.15, 0.2) is 0 Å². The number of alkyl halides is 3. The molecule has 0 aromatic heterocycles. The fourth-order valence-corrected chi connectivity index (χ4v) is 3.76. The summed E-state index contributed by atoms with van der Waals surface area (Å²) in [6.45, 7) is 3.92. The van der Waals surface area contributed by atoms with Gasteiger partial charge in [-0.1, -0.05) is 47.4 Å². The van der Waals surface area contributed by atoms with Gasteiger partial charge in [0, 0.05) is 35.0 Å². The van der Waals surface area contributed by atoms with Gasteiger partial charge >= 0.3 is 6.18 Å². The summed E-state index contributed by atoms with van der Waals surface area (Å²) in [6.07, 6.45) is -4.89. The van der Waals surface area contributed by atoms with Crippen LogP contribution in [-0.4, -0.2) is 17.8 Å². The molecule has 1 aliphatic heterocycles. The molecule has 0 radical (unpaired) electrons. The number of rotatable bonds is 5. The first kappa shape index (κ1) is 22.4. The van der Waals surface area contributed by atoms with Gasteiger partial charge in [-0.05, 0) is 47.9 Å². The van der Waals surface area contributed by atoms with Gasteiger partial charge < -0.3 is 10.2 Å². The van der Waals surface area contributed by atoms with E-state index in [1.54, 1.807) is 25.1 Å². The van der Waals surface area contributed by atoms with Crippen molar-refractivity contribution in [2.75, 3.05) is 0 Å². The molecule has 30 heavy (non-hydrogen) atoms. The Balaban J connectivity index is 1.89. The maximum atomic E-state index is 14.1. The number of oxime groups is 1. The van der Waals surface area contributed by atoms with Gasteiger partial charge in [-0.25, -0.2) is 0 Å². The summed E-state index contributed by atoms with van der Waals surface area (Å²) in [7, 11) is 0. The average molecular weight is 459 g/mol. The Morgan fingerprint density at radius 3 is 2.43 bits per heavy atom. The van der Waals surface area contributed by atoms with E-state index in [4.69, 9.17) is 28.0 Å². The number of halogens is 5. The maximum Gasteiger partial charge on any atom is 0.435 e. The van der Waals surface area contributed by atoms with E-state index in [-0.39, 0.29) is 27.2 Å². The number of nitrogens with zero attached hydrogens (tertiary/aromatic N) is 1. The molecule has 0 aliphatic carbocycles. The lowest BCUT2D eigenvalue weighted by atomic mass is 9.86. The van der Waals surface area contributed by atoms with E-state index < -0.39 is 18.2 Å². The number of aryl methyl sites for hydroxylation is 1. The molecule has 1 amide bonds. The molecule has 4 nitrogen and oxygen atoms in total. The third kappa shape index (κ3) is 4.42. The van der Waals surface area contributed by atoms with E-state index in [1.807, 2.05) is 6.92 Å². The summed E-state index contributed by atoms with van der Waals surface area (Å²) in [4.78, 5) is 16.5. The molecule has 3 rings (SSSR count). The Bertz CT molecular complexity index is 988. The number of carbonyl (C=O) groups is 1. The topological polar surface area (TPSA) is 50.7 Å². The van der Waals surface area contributed by atoms with Crippen LogP contribution in [0.5, 0.6) is 0 Å². The summed E-state index contributed by atoms with van der Waals surface area (Å²) < 4.78 is 42.2. The Labute approximate surface area is 182 Å². The molecule has 160 valence electrons. The van der Waals surface area contributed by atoms with Crippen molar-refractivity contribution in [3.63, 3.8) is 0 Å². The number of amides is 1. The predicted octanol–water partition coefficient (Wildman–Crippen LogP) is 5.91. The van der Waals surface area contributed by atoms with Crippen molar-refractivity contribution in [2.24, 2.45) is 5.16 Å². The zero-order valence-electron chi connectivity index (χ0n) is 16.2. The molecule has 1 unspecified atom stereocenters. The van der Waals surface area contributed by atoms with Gasteiger partial charge in [0.2, 0.25) is 5.91 Å². The summed E-state index contributed by atoms with van der Waals surface area (Å²) in [5.41, 5.74) is -0.515. The van der Waals surface area contributed by atoms with Crippen LogP contribution in [0, 0.1) is 6.92 Å². The normalized spacial score (nSPS) is 18.7. The van der Waals surface area contributed by atoms with Gasteiger partial charge in [-0.15, -0.1) is 0 Å². The van der Waals surface area contributed by atoms with Crippen LogP contribution in [0.1, 0.15) is 42.0 Å². The highest BCUT2D eigenvalue weighted by Gasteiger charge is 2.62. The number of hydrogen-bond donors (Lipinski definition) is 1. The lowest BCUT2D eigenvalue weighted by molar-refractivity contribution is -0.275. The van der Waals surface area contributed by atoms with E-state index in [0.29, 0.717) is 18.5 Å². The molecule has 0 bridgehead atoms. The van der Waals surface area contributed by atoms with Crippen molar-refractivity contribution in [3.05, 3.63) is 68.7 Å². The lowest BCUT2D eigenvalue weighted by Crippen LogP contribution is -2.42. The first-order chi connectivity index (χ1) is 14.1. The zero-order chi connectivity index (χ0) is 22.1. The van der Waals surface area contributed by atoms with Crippen molar-refractivity contribution in [2.45, 2.75) is 45.0 Å². The first-order valence-corrected chi connectivity index (χ1v) is 9.96. The lowest BCUT2D eigenvalue weighted by Gasteiger charge is -2.29. The van der Waals surface area contributed by atoms with Crippen molar-refractivity contribution >= 4 is 34.8 Å². The fraction of sp³-hybridized carbons (Fsp3) is 0.333. The van der Waals surface area contributed by atoms with E-state index in [1.165, 1.54) is 18.2 Å². The zero-order valence-corrected chi connectivity index (χ0v) is 17.8. The molecular formula is C21H19Cl2F3N2O2. The van der Waals surface area contributed by atoms with Crippen LogP contribution in [0.4, 0.5) is 13.2 Å². The number of benzene rings is 2. The van der Waals surface area contributed by atoms with E-state index in [2.05, 4.69) is 10.5 Å². The van der Waals surface area contributed by atoms with Crippen LogP contribution < -0.4 is 5.32 Å². The number of carbonyl (C=O) groups excluding carboxylic acids is 1. The van der Waals surface area contributed by atoms with Gasteiger partial charge in [0.1, 0.15) is 0 Å². The van der Waals surface area contributed by atoms with Crippen LogP contribution in [0.3, 0.4) is 0 Å². The highest BCUT2D eigenvalue weighted by Crippen LogP contribution is 2.49. The molecule has 0 fully saturated rings. The highest BCUT2D eigenvalue weighted by molar-refractivity contribution is 6.34. The monoisotopic (exact) mass is 458 g/mol. The van der Waals surface area contributed by atoms with Crippen molar-refractivity contribution in [1.82, 2.24) is 5.32 Å². The molecule has 1 N–H and O–H groups in total. The van der Waals surface area contributed by atoms with Gasteiger partial charge in [0.05, 0.1) is 5.71 Å². The average Bonchev–Trinajstić information content (AvgIpc) is 3.13. The summed E-state index contributed by atoms with van der Waals surface area (Å²) >= 11 is 11.8. The Morgan fingerprint density at radius 2 is 1.87 bits per heavy atom. The molecule has 1 heterocycles. The van der Waals surface area contributed by atoms with Gasteiger partial charge in [0.25, 0.3) is 5.60 Å². The summed E-state index contributed by atoms with van der Waals surface area (Å²) in [6, 6.07) is 8.88. The Kier molecular flexibility index (Phi) is 6.34. The van der Waals surface area contributed by atoms with E-state index in [0.717, 1.165) is 11.1 Å². The number of hydrogen-bond acceptors (Lipinski definition) is 3. The van der Waals surface area contributed by atoms with Crippen LogP contribution >= 0.6 is 23.2 Å². The van der Waals surface area contributed by atoms with Crippen LogP contribution in [0.25, 0.3) is 0 Å². The Hall–Kier alpha value is -2.25. The molecule has 9 heteroatoms. The highest BCUT2D eigenvalue weighted by atomic mass is 35.5. The number of nitrogens with one attached hydrogen (secondary N) is 1. The smallest absolute Gasteiger partial charge is 0.374 e. The minimum Gasteiger partial charge on any atom is -0.374 e. The largest absolute Gasteiger partial charge is 0.435 e. The molecule has 1 aliphatic rings. The quantitative estimate of drug-likeness (QED) is 0.605. The second-order valence-corrected chi connectivity index (χ2v) is 7.93. The van der Waals surface area contributed by atoms with Crippen molar-refractivity contribution in [1.29, 1.82) is 0 Å². The van der Waals surface area contributed by atoms with Crippen LogP contribution in [0.2, 0.25) is 10.0 Å².